The second-order valence-corrected chi connectivity index (χ2v) is 7.79. The van der Waals surface area contributed by atoms with Crippen LogP contribution in [0.25, 0.3) is 0 Å². The Morgan fingerprint density at radius 2 is 1.86 bits per heavy atom. The monoisotopic (exact) mass is 366 g/mol. The number of hydrogen-bond acceptors (Lipinski definition) is 3. The zero-order valence-corrected chi connectivity index (χ0v) is 15.6. The SMILES string of the molecule is CCN(CC)CCCC(C)NS(=O)(=O)c1ccc(Cl)cc1Cl. The van der Waals surface area contributed by atoms with Crippen molar-refractivity contribution in [2.75, 3.05) is 19.6 Å². The first-order chi connectivity index (χ1) is 10.3. The van der Waals surface area contributed by atoms with Gasteiger partial charge in [0, 0.05) is 11.1 Å². The molecular weight excluding hydrogens is 343 g/mol. The van der Waals surface area contributed by atoms with E-state index in [1.807, 2.05) is 6.92 Å². The van der Waals surface area contributed by atoms with Crippen molar-refractivity contribution in [1.29, 1.82) is 0 Å². The molecule has 1 aromatic carbocycles. The fraction of sp³-hybridized carbons (Fsp3) is 0.600. The van der Waals surface area contributed by atoms with Gasteiger partial charge in [-0.25, -0.2) is 13.1 Å². The lowest BCUT2D eigenvalue weighted by atomic mass is 10.2. The minimum atomic E-state index is -3.62. The Morgan fingerprint density at radius 1 is 1.23 bits per heavy atom. The number of benzene rings is 1. The van der Waals surface area contributed by atoms with Gasteiger partial charge in [-0.2, -0.15) is 0 Å². The summed E-state index contributed by atoms with van der Waals surface area (Å²) in [6.07, 6.45) is 1.72. The predicted octanol–water partition coefficient (Wildman–Crippen LogP) is 3.78. The fourth-order valence-electron chi connectivity index (χ4n) is 2.24. The topological polar surface area (TPSA) is 49.4 Å². The van der Waals surface area contributed by atoms with Crippen molar-refractivity contribution in [1.82, 2.24) is 9.62 Å². The van der Waals surface area contributed by atoms with Gasteiger partial charge in [-0.1, -0.05) is 37.0 Å². The van der Waals surface area contributed by atoms with Crippen LogP contribution in [0.4, 0.5) is 0 Å². The molecule has 0 aliphatic rings. The predicted molar refractivity (Wildman–Crippen MR) is 93.3 cm³/mol. The number of halogens is 2. The Morgan fingerprint density at radius 3 is 2.41 bits per heavy atom. The quantitative estimate of drug-likeness (QED) is 0.723. The van der Waals surface area contributed by atoms with Crippen LogP contribution in [0.2, 0.25) is 10.0 Å². The molecule has 1 rings (SSSR count). The maximum Gasteiger partial charge on any atom is 0.242 e. The molecular formula is C15H24Cl2N2O2S. The third-order valence-corrected chi connectivity index (χ3v) is 5.85. The first-order valence-corrected chi connectivity index (χ1v) is 9.73. The number of sulfonamides is 1. The van der Waals surface area contributed by atoms with Gasteiger partial charge in [0.05, 0.1) is 5.02 Å². The lowest BCUT2D eigenvalue weighted by Crippen LogP contribution is -2.33. The summed E-state index contributed by atoms with van der Waals surface area (Å²) in [5.74, 6) is 0. The van der Waals surface area contributed by atoms with Crippen molar-refractivity contribution in [3.63, 3.8) is 0 Å². The Labute approximate surface area is 143 Å². The summed E-state index contributed by atoms with van der Waals surface area (Å²) in [7, 11) is -3.62. The third-order valence-electron chi connectivity index (χ3n) is 3.55. The largest absolute Gasteiger partial charge is 0.304 e. The summed E-state index contributed by atoms with van der Waals surface area (Å²) in [6, 6.07) is 4.23. The van der Waals surface area contributed by atoms with Crippen molar-refractivity contribution >= 4 is 33.2 Å². The van der Waals surface area contributed by atoms with Gasteiger partial charge >= 0.3 is 0 Å². The first-order valence-electron chi connectivity index (χ1n) is 7.49. The van der Waals surface area contributed by atoms with Crippen LogP contribution in [0.5, 0.6) is 0 Å². The zero-order valence-electron chi connectivity index (χ0n) is 13.3. The molecule has 4 nitrogen and oxygen atoms in total. The van der Waals surface area contributed by atoms with Gasteiger partial charge in [0.2, 0.25) is 10.0 Å². The van der Waals surface area contributed by atoms with Gasteiger partial charge < -0.3 is 4.90 Å². The lowest BCUT2D eigenvalue weighted by Gasteiger charge is -2.20. The van der Waals surface area contributed by atoms with Crippen molar-refractivity contribution in [3.8, 4) is 0 Å². The molecule has 0 aliphatic heterocycles. The summed E-state index contributed by atoms with van der Waals surface area (Å²) in [6.45, 7) is 9.11. The zero-order chi connectivity index (χ0) is 16.8. The normalized spacial score (nSPS) is 13.5. The molecule has 1 N–H and O–H groups in total. The number of rotatable bonds is 9. The smallest absolute Gasteiger partial charge is 0.242 e. The third kappa shape index (κ3) is 6.05. The van der Waals surface area contributed by atoms with Gasteiger partial charge in [0.15, 0.2) is 0 Å². The second-order valence-electron chi connectivity index (χ2n) is 5.27. The first kappa shape index (κ1) is 19.7. The molecule has 0 spiro atoms. The summed E-state index contributed by atoms with van der Waals surface area (Å²) in [5, 5.41) is 0.548. The molecule has 0 fully saturated rings. The van der Waals surface area contributed by atoms with E-state index >= 15 is 0 Å². The number of nitrogens with zero attached hydrogens (tertiary/aromatic N) is 1. The van der Waals surface area contributed by atoms with Gasteiger partial charge in [-0.3, -0.25) is 0 Å². The standard InChI is InChI=1S/C15H24Cl2N2O2S/c1-4-19(5-2)10-6-7-12(3)18-22(20,21)15-9-8-13(16)11-14(15)17/h8-9,11-12,18H,4-7,10H2,1-3H3. The molecule has 0 aliphatic carbocycles. The van der Waals surface area contributed by atoms with Crippen molar-refractivity contribution in [3.05, 3.63) is 28.2 Å². The molecule has 22 heavy (non-hydrogen) atoms. The molecule has 0 radical (unpaired) electrons. The molecule has 0 bridgehead atoms. The van der Waals surface area contributed by atoms with E-state index in [2.05, 4.69) is 23.5 Å². The van der Waals surface area contributed by atoms with E-state index in [1.54, 1.807) is 0 Å². The van der Waals surface area contributed by atoms with Crippen LogP contribution in [-0.2, 0) is 10.0 Å². The van der Waals surface area contributed by atoms with Crippen molar-refractivity contribution in [2.45, 2.75) is 44.6 Å². The van der Waals surface area contributed by atoms with Gasteiger partial charge in [-0.15, -0.1) is 0 Å². The van der Waals surface area contributed by atoms with Crippen LogP contribution < -0.4 is 4.72 Å². The van der Waals surface area contributed by atoms with Crippen LogP contribution >= 0.6 is 23.2 Å². The van der Waals surface area contributed by atoms with Gasteiger partial charge in [-0.05, 0) is 57.6 Å². The molecule has 0 heterocycles. The van der Waals surface area contributed by atoms with E-state index in [9.17, 15) is 8.42 Å². The van der Waals surface area contributed by atoms with Gasteiger partial charge in [0.1, 0.15) is 4.90 Å². The molecule has 0 saturated heterocycles. The molecule has 0 saturated carbocycles. The van der Waals surface area contributed by atoms with E-state index in [-0.39, 0.29) is 16.0 Å². The summed E-state index contributed by atoms with van der Waals surface area (Å²) >= 11 is 11.8. The van der Waals surface area contributed by atoms with Crippen LogP contribution in [0.15, 0.2) is 23.1 Å². The van der Waals surface area contributed by atoms with E-state index < -0.39 is 10.0 Å². The maximum atomic E-state index is 12.3. The minimum Gasteiger partial charge on any atom is -0.304 e. The highest BCUT2D eigenvalue weighted by molar-refractivity contribution is 7.89. The van der Waals surface area contributed by atoms with Crippen LogP contribution in [0.3, 0.4) is 0 Å². The van der Waals surface area contributed by atoms with E-state index in [1.165, 1.54) is 18.2 Å². The molecule has 7 heteroatoms. The van der Waals surface area contributed by atoms with E-state index in [0.29, 0.717) is 5.02 Å². The Balaban J connectivity index is 2.60. The Bertz CT molecular complexity index is 575. The molecule has 1 unspecified atom stereocenters. The maximum absolute atomic E-state index is 12.3. The van der Waals surface area contributed by atoms with Crippen molar-refractivity contribution in [2.24, 2.45) is 0 Å². The molecule has 0 amide bonds. The Kier molecular flexibility index (Phi) is 8.14. The second kappa shape index (κ2) is 9.08. The Hall–Kier alpha value is -0.330. The van der Waals surface area contributed by atoms with E-state index in [4.69, 9.17) is 23.2 Å². The molecule has 1 aromatic rings. The van der Waals surface area contributed by atoms with Gasteiger partial charge in [0.25, 0.3) is 0 Å². The highest BCUT2D eigenvalue weighted by atomic mass is 35.5. The highest BCUT2D eigenvalue weighted by Crippen LogP contribution is 2.25. The summed E-state index contributed by atoms with van der Waals surface area (Å²) < 4.78 is 27.3. The number of nitrogens with one attached hydrogen (secondary N) is 1. The molecule has 1 atom stereocenters. The average molecular weight is 367 g/mol. The average Bonchev–Trinajstić information content (AvgIpc) is 2.42. The summed E-state index contributed by atoms with van der Waals surface area (Å²) in [4.78, 5) is 2.38. The number of hydrogen-bond donors (Lipinski definition) is 1. The van der Waals surface area contributed by atoms with Crippen LogP contribution in [0, 0.1) is 0 Å². The van der Waals surface area contributed by atoms with Crippen LogP contribution in [0.1, 0.15) is 33.6 Å². The summed E-state index contributed by atoms with van der Waals surface area (Å²) in [5.41, 5.74) is 0. The highest BCUT2D eigenvalue weighted by Gasteiger charge is 2.20. The van der Waals surface area contributed by atoms with E-state index in [0.717, 1.165) is 32.5 Å². The van der Waals surface area contributed by atoms with Crippen LogP contribution in [-0.4, -0.2) is 39.0 Å². The van der Waals surface area contributed by atoms with Crippen molar-refractivity contribution < 1.29 is 8.42 Å². The minimum absolute atomic E-state index is 0.0640. The lowest BCUT2D eigenvalue weighted by molar-refractivity contribution is 0.293. The molecule has 0 aromatic heterocycles. The molecule has 126 valence electrons. The fourth-order valence-corrected chi connectivity index (χ4v) is 4.29.